The van der Waals surface area contributed by atoms with Crippen molar-refractivity contribution >= 4 is 0 Å². The third-order valence-corrected chi connectivity index (χ3v) is 5.49. The van der Waals surface area contributed by atoms with Crippen molar-refractivity contribution in [1.29, 1.82) is 0 Å². The summed E-state index contributed by atoms with van der Waals surface area (Å²) in [5.74, 6) is 1.87. The highest BCUT2D eigenvalue weighted by molar-refractivity contribution is 5.45. The number of para-hydroxylation sites is 1. The highest BCUT2D eigenvalue weighted by Crippen LogP contribution is 2.38. The molecule has 2 aliphatic rings. The van der Waals surface area contributed by atoms with E-state index in [-0.39, 0.29) is 5.60 Å². The van der Waals surface area contributed by atoms with Crippen LogP contribution in [0.2, 0.25) is 0 Å². The third kappa shape index (κ3) is 3.48. The lowest BCUT2D eigenvalue weighted by Gasteiger charge is -2.39. The van der Waals surface area contributed by atoms with Gasteiger partial charge in [0.05, 0.1) is 5.60 Å². The molecule has 0 radical (unpaired) electrons. The predicted octanol–water partition coefficient (Wildman–Crippen LogP) is 2.10. The second-order valence-corrected chi connectivity index (χ2v) is 8.52. The van der Waals surface area contributed by atoms with Crippen LogP contribution in [-0.2, 0) is 26.4 Å². The van der Waals surface area contributed by atoms with E-state index in [1.54, 1.807) is 6.33 Å². The van der Waals surface area contributed by atoms with Gasteiger partial charge in [-0.3, -0.25) is 4.90 Å². The molecule has 0 spiro atoms. The zero-order valence-corrected chi connectivity index (χ0v) is 15.9. The number of ether oxygens (including phenoxy) is 1. The number of aryl methyl sites for hydroxylation is 1. The van der Waals surface area contributed by atoms with Gasteiger partial charge in [0, 0.05) is 38.5 Å². The molecule has 6 heteroatoms. The van der Waals surface area contributed by atoms with Gasteiger partial charge in [0.2, 0.25) is 0 Å². The van der Waals surface area contributed by atoms with E-state index < -0.39 is 5.60 Å². The van der Waals surface area contributed by atoms with Crippen molar-refractivity contribution in [2.24, 2.45) is 7.05 Å². The van der Waals surface area contributed by atoms with Crippen molar-refractivity contribution < 1.29 is 9.84 Å². The number of aromatic nitrogens is 3. The van der Waals surface area contributed by atoms with Crippen LogP contribution in [0.4, 0.5) is 0 Å². The van der Waals surface area contributed by atoms with Crippen LogP contribution in [0.5, 0.6) is 5.75 Å². The van der Waals surface area contributed by atoms with Gasteiger partial charge in [-0.25, -0.2) is 0 Å². The summed E-state index contributed by atoms with van der Waals surface area (Å²) in [5.41, 5.74) is 1.62. The number of benzene rings is 1. The minimum atomic E-state index is -0.753. The average Bonchev–Trinajstić information content (AvgIpc) is 3.09. The van der Waals surface area contributed by atoms with E-state index in [4.69, 9.17) is 4.74 Å². The molecule has 0 aliphatic carbocycles. The maximum absolute atomic E-state index is 11.1. The molecule has 2 aromatic rings. The molecule has 4 rings (SSSR count). The van der Waals surface area contributed by atoms with Gasteiger partial charge in [0.1, 0.15) is 23.5 Å². The number of aliphatic hydroxyl groups is 1. The number of likely N-dealkylation sites (tertiary alicyclic amines) is 1. The summed E-state index contributed by atoms with van der Waals surface area (Å²) in [6.45, 7) is 6.72. The van der Waals surface area contributed by atoms with Crippen molar-refractivity contribution in [2.45, 2.75) is 57.3 Å². The molecular weight excluding hydrogens is 328 g/mol. The zero-order valence-electron chi connectivity index (χ0n) is 15.9. The largest absolute Gasteiger partial charge is 0.487 e. The molecule has 26 heavy (non-hydrogen) atoms. The Labute approximate surface area is 154 Å². The molecule has 0 bridgehead atoms. The number of rotatable bonds is 4. The molecule has 2 aliphatic heterocycles. The number of hydrogen-bond donors (Lipinski definition) is 1. The maximum atomic E-state index is 11.1. The van der Waals surface area contributed by atoms with Crippen molar-refractivity contribution in [3.8, 4) is 5.75 Å². The lowest BCUT2D eigenvalue weighted by molar-refractivity contribution is -0.0347. The van der Waals surface area contributed by atoms with Crippen molar-refractivity contribution in [3.05, 3.63) is 41.5 Å². The van der Waals surface area contributed by atoms with Crippen LogP contribution in [0.15, 0.2) is 24.5 Å². The molecule has 1 fully saturated rings. The van der Waals surface area contributed by atoms with Gasteiger partial charge in [-0.2, -0.15) is 0 Å². The zero-order chi connectivity index (χ0) is 18.4. The summed E-state index contributed by atoms with van der Waals surface area (Å²) in [4.78, 5) is 2.34. The Hall–Kier alpha value is -1.92. The molecular formula is C20H28N4O2. The fraction of sp³-hybridized carbons (Fsp3) is 0.600. The Balaban J connectivity index is 1.48. The van der Waals surface area contributed by atoms with Gasteiger partial charge in [-0.05, 0) is 38.8 Å². The minimum absolute atomic E-state index is 0.133. The molecule has 1 atom stereocenters. The number of nitrogens with zero attached hydrogens (tertiary/aromatic N) is 4. The van der Waals surface area contributed by atoms with E-state index in [1.807, 2.05) is 11.6 Å². The number of piperidine rings is 1. The maximum Gasteiger partial charge on any atom is 0.135 e. The average molecular weight is 356 g/mol. The van der Waals surface area contributed by atoms with E-state index in [0.29, 0.717) is 13.0 Å². The van der Waals surface area contributed by atoms with E-state index in [1.165, 1.54) is 11.1 Å². The van der Waals surface area contributed by atoms with Crippen LogP contribution in [-0.4, -0.2) is 49.1 Å². The Morgan fingerprint density at radius 3 is 2.92 bits per heavy atom. The number of β-amino-alcohol motifs (C(OH)–C–C–N with tert-alkyl or cyclic N) is 1. The lowest BCUT2D eigenvalue weighted by Crippen LogP contribution is -2.49. The lowest BCUT2D eigenvalue weighted by atomic mass is 9.89. The standard InChI is InChI=1S/C20H28N4O2/c1-19(2)10-15-6-4-7-16(18(15)26-19)12-24-9-5-8-20(25,13-24)11-17-22-21-14-23(17)3/h4,6-7,14,25H,5,8-13H2,1-3H3. The van der Waals surface area contributed by atoms with Crippen molar-refractivity contribution in [2.75, 3.05) is 13.1 Å². The summed E-state index contributed by atoms with van der Waals surface area (Å²) in [5, 5.41) is 19.2. The van der Waals surface area contributed by atoms with Gasteiger partial charge in [0.15, 0.2) is 0 Å². The van der Waals surface area contributed by atoms with Crippen molar-refractivity contribution in [3.63, 3.8) is 0 Å². The normalized spacial score (nSPS) is 25.1. The SMILES string of the molecule is Cn1cnnc1CC1(O)CCCN(Cc2cccc3c2OC(C)(C)C3)C1. The summed E-state index contributed by atoms with van der Waals surface area (Å²) in [7, 11) is 1.92. The molecule has 1 saturated heterocycles. The topological polar surface area (TPSA) is 63.4 Å². The number of fused-ring (bicyclic) bond motifs is 1. The fourth-order valence-corrected chi connectivity index (χ4v) is 4.29. The van der Waals surface area contributed by atoms with E-state index in [2.05, 4.69) is 47.1 Å². The molecule has 3 heterocycles. The summed E-state index contributed by atoms with van der Waals surface area (Å²) >= 11 is 0. The van der Waals surface area contributed by atoms with Crippen LogP contribution >= 0.6 is 0 Å². The quantitative estimate of drug-likeness (QED) is 0.909. The molecule has 1 aromatic heterocycles. The number of hydrogen-bond acceptors (Lipinski definition) is 5. The molecule has 6 nitrogen and oxygen atoms in total. The predicted molar refractivity (Wildman–Crippen MR) is 99.0 cm³/mol. The minimum Gasteiger partial charge on any atom is -0.487 e. The molecule has 1 unspecified atom stereocenters. The van der Waals surface area contributed by atoms with Gasteiger partial charge < -0.3 is 14.4 Å². The first-order chi connectivity index (χ1) is 12.3. The summed E-state index contributed by atoms with van der Waals surface area (Å²) < 4.78 is 8.09. The van der Waals surface area contributed by atoms with E-state index in [0.717, 1.165) is 43.9 Å². The Morgan fingerprint density at radius 1 is 1.31 bits per heavy atom. The Kier molecular flexibility index (Phi) is 4.28. The van der Waals surface area contributed by atoms with Crippen LogP contribution in [0.3, 0.4) is 0 Å². The summed E-state index contributed by atoms with van der Waals surface area (Å²) in [6.07, 6.45) is 4.96. The molecule has 0 amide bonds. The first-order valence-corrected chi connectivity index (χ1v) is 9.41. The second kappa shape index (κ2) is 6.35. The fourth-order valence-electron chi connectivity index (χ4n) is 4.29. The van der Waals surface area contributed by atoms with Gasteiger partial charge in [0.25, 0.3) is 0 Å². The highest BCUT2D eigenvalue weighted by atomic mass is 16.5. The van der Waals surface area contributed by atoms with E-state index in [9.17, 15) is 5.11 Å². The second-order valence-electron chi connectivity index (χ2n) is 8.52. The molecule has 140 valence electrons. The highest BCUT2D eigenvalue weighted by Gasteiger charge is 2.36. The first kappa shape index (κ1) is 17.5. The van der Waals surface area contributed by atoms with E-state index >= 15 is 0 Å². The monoisotopic (exact) mass is 356 g/mol. The molecule has 1 aromatic carbocycles. The third-order valence-electron chi connectivity index (χ3n) is 5.49. The van der Waals surface area contributed by atoms with Gasteiger partial charge >= 0.3 is 0 Å². The Bertz CT molecular complexity index is 801. The Morgan fingerprint density at radius 2 is 2.15 bits per heavy atom. The van der Waals surface area contributed by atoms with Gasteiger partial charge in [-0.1, -0.05) is 18.2 Å². The summed E-state index contributed by atoms with van der Waals surface area (Å²) in [6, 6.07) is 6.43. The smallest absolute Gasteiger partial charge is 0.135 e. The van der Waals surface area contributed by atoms with Crippen LogP contribution < -0.4 is 4.74 Å². The van der Waals surface area contributed by atoms with Crippen LogP contribution in [0, 0.1) is 0 Å². The van der Waals surface area contributed by atoms with Crippen LogP contribution in [0.25, 0.3) is 0 Å². The molecule has 0 saturated carbocycles. The van der Waals surface area contributed by atoms with Crippen molar-refractivity contribution in [1.82, 2.24) is 19.7 Å². The van der Waals surface area contributed by atoms with Gasteiger partial charge in [-0.15, -0.1) is 10.2 Å². The molecule has 1 N–H and O–H groups in total. The first-order valence-electron chi connectivity index (χ1n) is 9.41. The van der Waals surface area contributed by atoms with Crippen LogP contribution in [0.1, 0.15) is 43.6 Å².